The Morgan fingerprint density at radius 2 is 0.775 bits per heavy atom. The van der Waals surface area contributed by atoms with Crippen molar-refractivity contribution in [3.05, 3.63) is 91.0 Å². The predicted molar refractivity (Wildman–Crippen MR) is 147 cm³/mol. The van der Waals surface area contributed by atoms with Crippen molar-refractivity contribution in [3.63, 3.8) is 0 Å². The van der Waals surface area contributed by atoms with Crippen LogP contribution in [0.15, 0.2) is 121 Å². The second-order valence-corrected chi connectivity index (χ2v) is 12.8. The van der Waals surface area contributed by atoms with Crippen molar-refractivity contribution < 1.29 is 38.1 Å². The Balaban J connectivity index is 1.81. The van der Waals surface area contributed by atoms with E-state index >= 15 is 0 Å². The van der Waals surface area contributed by atoms with Gasteiger partial charge in [-0.2, -0.15) is 25.3 Å². The molecule has 0 atom stereocenters. The monoisotopic (exact) mass is 607 g/mol. The van der Waals surface area contributed by atoms with Crippen LogP contribution in [0.4, 0.5) is 0 Å². The van der Waals surface area contributed by atoms with Crippen LogP contribution in [-0.4, -0.2) is 42.4 Å². The molecule has 0 heterocycles. The van der Waals surface area contributed by atoms with Gasteiger partial charge in [0, 0.05) is 12.8 Å². The van der Waals surface area contributed by atoms with E-state index in [1.807, 2.05) is 0 Å². The first kappa shape index (κ1) is 30.5. The third kappa shape index (κ3) is 9.00. The first-order chi connectivity index (χ1) is 18.9. The normalized spacial score (nSPS) is 12.8. The molecule has 0 N–H and O–H groups in total. The van der Waals surface area contributed by atoms with Gasteiger partial charge in [-0.3, -0.25) is 12.9 Å². The van der Waals surface area contributed by atoms with Gasteiger partial charge in [0.25, 0.3) is 0 Å². The van der Waals surface area contributed by atoms with E-state index in [0.717, 1.165) is 0 Å². The molecule has 0 saturated carbocycles. The summed E-state index contributed by atoms with van der Waals surface area (Å²) >= 11 is 0. The van der Waals surface area contributed by atoms with Crippen LogP contribution in [0.2, 0.25) is 0 Å². The fraction of sp³-hybridized carbons (Fsp3) is 0.160. The van der Waals surface area contributed by atoms with Crippen LogP contribution in [0, 0.1) is 0 Å². The molecule has 0 spiro atoms. The minimum absolute atomic E-state index is 0.00317. The lowest BCUT2D eigenvalue weighted by atomic mass is 10.1. The smallest absolute Gasteiger partial charge is 0.265 e. The summed E-state index contributed by atoms with van der Waals surface area (Å²) in [5.74, 6) is 0. The summed E-state index contributed by atoms with van der Waals surface area (Å²) < 4.78 is 88.8. The van der Waals surface area contributed by atoms with Gasteiger partial charge in [-0.15, -0.1) is 0 Å². The summed E-state index contributed by atoms with van der Waals surface area (Å²) in [4.78, 5) is -0.376. The molecule has 0 unspecified atom stereocenters. The minimum atomic E-state index is -4.29. The Hall–Kier alpha value is -4.08. The fourth-order valence-corrected chi connectivity index (χ4v) is 5.38. The highest BCUT2D eigenvalue weighted by Gasteiger charge is 2.19. The summed E-state index contributed by atoms with van der Waals surface area (Å²) in [6.07, 6.45) is -0.431. The van der Waals surface area contributed by atoms with E-state index in [1.54, 1.807) is 18.2 Å². The van der Waals surface area contributed by atoms with Crippen LogP contribution in [0.3, 0.4) is 0 Å². The lowest BCUT2D eigenvalue weighted by Gasteiger charge is -2.08. The SMILES string of the molecule is CC(CC(CC(C)=NOS(=O)(=O)c1ccccc1)=NOS(=O)(=O)c1ccccc1)=NOS(=O)(=O)c1ccccc1. The van der Waals surface area contributed by atoms with Gasteiger partial charge in [-0.05, 0) is 50.2 Å². The average Bonchev–Trinajstić information content (AvgIpc) is 2.95. The van der Waals surface area contributed by atoms with Crippen LogP contribution >= 0.6 is 0 Å². The summed E-state index contributed by atoms with van der Waals surface area (Å²) in [5, 5.41) is 11.0. The lowest BCUT2D eigenvalue weighted by Crippen LogP contribution is -2.14. The Bertz CT molecular complexity index is 1620. The van der Waals surface area contributed by atoms with Gasteiger partial charge in [-0.25, -0.2) is 0 Å². The van der Waals surface area contributed by atoms with E-state index in [0.29, 0.717) is 0 Å². The molecule has 0 aliphatic rings. The Labute approximate surface area is 232 Å². The molecule has 0 aliphatic carbocycles. The summed E-state index contributed by atoms with van der Waals surface area (Å²) in [7, 11) is -12.7. The van der Waals surface area contributed by atoms with Crippen molar-refractivity contribution in [1.29, 1.82) is 0 Å². The molecular weight excluding hydrogens is 582 g/mol. The van der Waals surface area contributed by atoms with Crippen molar-refractivity contribution in [2.75, 3.05) is 0 Å². The molecule has 0 bridgehead atoms. The minimum Gasteiger partial charge on any atom is -0.265 e. The second kappa shape index (κ2) is 13.3. The molecule has 15 heteroatoms. The van der Waals surface area contributed by atoms with Crippen LogP contribution in [0.25, 0.3) is 0 Å². The second-order valence-electron chi connectivity index (χ2n) is 8.19. The Morgan fingerprint density at radius 3 is 1.07 bits per heavy atom. The number of benzene rings is 3. The van der Waals surface area contributed by atoms with Gasteiger partial charge in [0.15, 0.2) is 0 Å². The third-order valence-corrected chi connectivity index (χ3v) is 8.22. The molecule has 3 aromatic carbocycles. The van der Waals surface area contributed by atoms with E-state index in [2.05, 4.69) is 15.5 Å². The van der Waals surface area contributed by atoms with Crippen molar-refractivity contribution in [2.45, 2.75) is 41.4 Å². The first-order valence-corrected chi connectivity index (χ1v) is 15.7. The molecule has 0 aliphatic heterocycles. The number of rotatable bonds is 13. The summed E-state index contributed by atoms with van der Waals surface area (Å²) in [5.41, 5.74) is 0.178. The Morgan fingerprint density at radius 1 is 0.500 bits per heavy atom. The van der Waals surface area contributed by atoms with E-state index in [9.17, 15) is 25.3 Å². The van der Waals surface area contributed by atoms with Crippen LogP contribution < -0.4 is 0 Å². The van der Waals surface area contributed by atoms with E-state index < -0.39 is 30.4 Å². The summed E-state index contributed by atoms with van der Waals surface area (Å²) in [6, 6.07) is 21.9. The lowest BCUT2D eigenvalue weighted by molar-refractivity contribution is 0.335. The molecule has 212 valence electrons. The van der Waals surface area contributed by atoms with Gasteiger partial charge in [0.2, 0.25) is 0 Å². The average molecular weight is 608 g/mol. The molecule has 3 aromatic rings. The molecule has 0 saturated heterocycles. The highest BCUT2D eigenvalue weighted by Crippen LogP contribution is 2.15. The van der Waals surface area contributed by atoms with Crippen LogP contribution in [0.5, 0.6) is 0 Å². The quantitative estimate of drug-likeness (QED) is 0.205. The largest absolute Gasteiger partial charge is 0.358 e. The molecule has 0 radical (unpaired) electrons. The van der Waals surface area contributed by atoms with Gasteiger partial charge >= 0.3 is 30.4 Å². The maximum atomic E-state index is 12.5. The van der Waals surface area contributed by atoms with E-state index in [4.69, 9.17) is 12.9 Å². The van der Waals surface area contributed by atoms with Crippen molar-refractivity contribution >= 4 is 47.5 Å². The topological polar surface area (TPSA) is 167 Å². The Kier molecular flexibility index (Phi) is 10.1. The molecule has 12 nitrogen and oxygen atoms in total. The van der Waals surface area contributed by atoms with Gasteiger partial charge in [-0.1, -0.05) is 70.1 Å². The van der Waals surface area contributed by atoms with Crippen molar-refractivity contribution in [1.82, 2.24) is 0 Å². The fourth-order valence-electron chi connectivity index (χ4n) is 3.00. The maximum absolute atomic E-state index is 12.5. The number of oxime groups is 3. The number of hydrogen-bond acceptors (Lipinski definition) is 12. The number of nitrogens with zero attached hydrogens (tertiary/aromatic N) is 3. The van der Waals surface area contributed by atoms with Crippen molar-refractivity contribution in [3.8, 4) is 0 Å². The van der Waals surface area contributed by atoms with Crippen LogP contribution in [-0.2, 0) is 43.2 Å². The molecule has 0 aromatic heterocycles. The van der Waals surface area contributed by atoms with Gasteiger partial charge < -0.3 is 0 Å². The van der Waals surface area contributed by atoms with Gasteiger partial charge in [0.05, 0.1) is 17.1 Å². The zero-order valence-corrected chi connectivity index (χ0v) is 23.8. The first-order valence-electron chi connectivity index (χ1n) is 11.5. The predicted octanol–water partition coefficient (Wildman–Crippen LogP) is 4.09. The molecular formula is C25H25N3O9S3. The molecule has 3 rings (SSSR count). The van der Waals surface area contributed by atoms with Crippen LogP contribution in [0.1, 0.15) is 26.7 Å². The van der Waals surface area contributed by atoms with E-state index in [1.165, 1.54) is 86.6 Å². The van der Waals surface area contributed by atoms with Gasteiger partial charge in [0.1, 0.15) is 14.7 Å². The zero-order valence-electron chi connectivity index (χ0n) is 21.3. The molecule has 40 heavy (non-hydrogen) atoms. The summed E-state index contributed by atoms with van der Waals surface area (Å²) in [6.45, 7) is 2.84. The standard InChI is InChI=1S/C25H25N3O9S3/c1-20(26-35-38(29,30)23-12-6-3-7-13-23)18-22(28-37-40(33,34)25-16-10-5-11-17-25)19-21(2)27-36-39(31,32)24-14-8-4-9-15-24/h3-17H,18-19H2,1-2H3. The number of hydrogen-bond donors (Lipinski definition) is 0. The van der Waals surface area contributed by atoms with E-state index in [-0.39, 0.29) is 44.7 Å². The highest BCUT2D eigenvalue weighted by atomic mass is 32.2. The molecule has 0 fully saturated rings. The third-order valence-electron chi connectivity index (χ3n) is 4.86. The highest BCUT2D eigenvalue weighted by molar-refractivity contribution is 7.87. The maximum Gasteiger partial charge on any atom is 0.358 e. The zero-order chi connectivity index (χ0) is 29.2. The van der Waals surface area contributed by atoms with Crippen molar-refractivity contribution in [2.24, 2.45) is 15.5 Å². The molecule has 0 amide bonds.